The molecule has 0 radical (unpaired) electrons. The van der Waals surface area contributed by atoms with E-state index in [2.05, 4.69) is 92.3 Å². The summed E-state index contributed by atoms with van der Waals surface area (Å²) >= 11 is 0. The van der Waals surface area contributed by atoms with Gasteiger partial charge in [0.05, 0.1) is 0 Å². The molecule has 2 aromatic rings. The molecule has 0 saturated carbocycles. The Balaban J connectivity index is 2.03. The van der Waals surface area contributed by atoms with Gasteiger partial charge in [-0.1, -0.05) is 63.2 Å². The zero-order valence-electron chi connectivity index (χ0n) is 18.8. The van der Waals surface area contributed by atoms with Gasteiger partial charge in [-0.05, 0) is 78.2 Å². The van der Waals surface area contributed by atoms with Crippen LogP contribution in [0.5, 0.6) is 0 Å². The van der Waals surface area contributed by atoms with Crippen molar-refractivity contribution in [2.24, 2.45) is 0 Å². The fraction of sp³-hybridized carbons (Fsp3) is 0.538. The number of rotatable bonds is 5. The molecule has 0 aliphatic carbocycles. The van der Waals surface area contributed by atoms with Crippen LogP contribution >= 0.6 is 18.5 Å². The van der Waals surface area contributed by atoms with Crippen molar-refractivity contribution < 1.29 is 0 Å². The lowest BCUT2D eigenvalue weighted by atomic mass is 9.70. The van der Waals surface area contributed by atoms with E-state index in [0.717, 1.165) is 19.3 Å². The van der Waals surface area contributed by atoms with E-state index in [1.807, 2.05) is 0 Å². The molecular formula is C26H38N2P2. The molecule has 4 rings (SSSR count). The maximum Gasteiger partial charge on any atom is 0.0408 e. The SMILES string of the molecule is CC(C)(C)c1c(-c2ccccc2)ccc(CP)c1C(P)(C1CCCN1)C1CCCN1. The summed E-state index contributed by atoms with van der Waals surface area (Å²) in [5.74, 6) is 0. The molecule has 2 nitrogen and oxygen atoms in total. The van der Waals surface area contributed by atoms with E-state index in [-0.39, 0.29) is 10.6 Å². The van der Waals surface area contributed by atoms with Crippen LogP contribution in [0.15, 0.2) is 42.5 Å². The molecule has 2 fully saturated rings. The first-order chi connectivity index (χ1) is 14.4. The molecule has 0 bridgehead atoms. The first-order valence-corrected chi connectivity index (χ1v) is 12.9. The van der Waals surface area contributed by atoms with Gasteiger partial charge in [-0.25, -0.2) is 0 Å². The number of benzene rings is 2. The summed E-state index contributed by atoms with van der Waals surface area (Å²) in [5.41, 5.74) is 7.33. The summed E-state index contributed by atoms with van der Waals surface area (Å²) in [5, 5.41) is 7.78. The van der Waals surface area contributed by atoms with Crippen LogP contribution < -0.4 is 10.6 Å². The molecule has 2 aromatic carbocycles. The van der Waals surface area contributed by atoms with Crippen LogP contribution in [-0.4, -0.2) is 25.2 Å². The van der Waals surface area contributed by atoms with E-state index >= 15 is 0 Å². The summed E-state index contributed by atoms with van der Waals surface area (Å²) in [6, 6.07) is 16.7. The zero-order chi connectivity index (χ0) is 21.4. The van der Waals surface area contributed by atoms with Gasteiger partial charge >= 0.3 is 0 Å². The normalized spacial score (nSPS) is 24.2. The molecule has 2 N–H and O–H groups in total. The van der Waals surface area contributed by atoms with Crippen molar-refractivity contribution in [1.29, 1.82) is 0 Å². The van der Waals surface area contributed by atoms with Crippen LogP contribution in [0.4, 0.5) is 0 Å². The van der Waals surface area contributed by atoms with E-state index in [1.165, 1.54) is 47.9 Å². The highest BCUT2D eigenvalue weighted by Gasteiger charge is 2.48. The second-order valence-corrected chi connectivity index (χ2v) is 11.4. The third kappa shape index (κ3) is 4.02. The highest BCUT2D eigenvalue weighted by atomic mass is 31.0. The average Bonchev–Trinajstić information content (AvgIpc) is 3.47. The van der Waals surface area contributed by atoms with Crippen molar-refractivity contribution in [2.45, 2.75) is 75.3 Å². The van der Waals surface area contributed by atoms with Gasteiger partial charge in [-0.3, -0.25) is 0 Å². The minimum Gasteiger partial charge on any atom is -0.313 e. The van der Waals surface area contributed by atoms with E-state index in [0.29, 0.717) is 12.1 Å². The molecule has 4 heteroatoms. The Labute approximate surface area is 187 Å². The summed E-state index contributed by atoms with van der Waals surface area (Å²) < 4.78 is 0. The van der Waals surface area contributed by atoms with Crippen molar-refractivity contribution in [3.63, 3.8) is 0 Å². The van der Waals surface area contributed by atoms with Gasteiger partial charge in [0, 0.05) is 17.2 Å². The Bertz CT molecular complexity index is 845. The van der Waals surface area contributed by atoms with Crippen molar-refractivity contribution in [2.75, 3.05) is 13.1 Å². The van der Waals surface area contributed by atoms with Crippen LogP contribution in [-0.2, 0) is 16.7 Å². The van der Waals surface area contributed by atoms with Crippen molar-refractivity contribution >= 4 is 18.5 Å². The lowest BCUT2D eigenvalue weighted by Gasteiger charge is -2.46. The van der Waals surface area contributed by atoms with E-state index in [4.69, 9.17) is 0 Å². The molecule has 4 atom stereocenters. The Morgan fingerprint density at radius 1 is 0.867 bits per heavy atom. The third-order valence-electron chi connectivity index (χ3n) is 7.05. The highest BCUT2D eigenvalue weighted by molar-refractivity contribution is 7.18. The van der Waals surface area contributed by atoms with E-state index in [1.54, 1.807) is 5.56 Å². The summed E-state index contributed by atoms with van der Waals surface area (Å²) in [4.78, 5) is 0. The average molecular weight is 441 g/mol. The Morgan fingerprint density at radius 2 is 1.47 bits per heavy atom. The molecule has 2 aliphatic rings. The Morgan fingerprint density at radius 3 is 1.93 bits per heavy atom. The minimum atomic E-state index is -0.00763. The lowest BCUT2D eigenvalue weighted by molar-refractivity contribution is 0.346. The number of hydrogen-bond donors (Lipinski definition) is 2. The topological polar surface area (TPSA) is 24.1 Å². The summed E-state index contributed by atoms with van der Waals surface area (Å²) in [6.45, 7) is 9.43. The van der Waals surface area contributed by atoms with Gasteiger partial charge in [0.25, 0.3) is 0 Å². The molecule has 0 spiro atoms. The Hall–Kier alpha value is -0.780. The van der Waals surface area contributed by atoms with Crippen molar-refractivity contribution in [1.82, 2.24) is 10.6 Å². The molecule has 162 valence electrons. The van der Waals surface area contributed by atoms with Crippen LogP contribution in [0.1, 0.15) is 63.1 Å². The second-order valence-electron chi connectivity index (χ2n) is 10.1. The maximum atomic E-state index is 3.89. The van der Waals surface area contributed by atoms with Crippen LogP contribution in [0.2, 0.25) is 0 Å². The summed E-state index contributed by atoms with van der Waals surface area (Å²) in [7, 11) is 6.40. The van der Waals surface area contributed by atoms with Crippen molar-refractivity contribution in [3.05, 3.63) is 59.2 Å². The molecule has 2 heterocycles. The minimum absolute atomic E-state index is 0.00763. The van der Waals surface area contributed by atoms with Gasteiger partial charge in [0.15, 0.2) is 0 Å². The van der Waals surface area contributed by atoms with Crippen LogP contribution in [0.3, 0.4) is 0 Å². The predicted octanol–water partition coefficient (Wildman–Crippen LogP) is 5.60. The highest BCUT2D eigenvalue weighted by Crippen LogP contribution is 2.51. The Kier molecular flexibility index (Phi) is 6.72. The molecule has 4 unspecified atom stereocenters. The predicted molar refractivity (Wildman–Crippen MR) is 137 cm³/mol. The van der Waals surface area contributed by atoms with Gasteiger partial charge in [0.2, 0.25) is 0 Å². The largest absolute Gasteiger partial charge is 0.313 e. The molecule has 30 heavy (non-hydrogen) atoms. The fourth-order valence-electron chi connectivity index (χ4n) is 5.72. The smallest absolute Gasteiger partial charge is 0.0408 e. The zero-order valence-corrected chi connectivity index (χ0v) is 21.1. The number of nitrogens with one attached hydrogen (secondary N) is 2. The number of hydrogen-bond acceptors (Lipinski definition) is 2. The van der Waals surface area contributed by atoms with Crippen molar-refractivity contribution in [3.8, 4) is 11.1 Å². The molecular weight excluding hydrogens is 402 g/mol. The van der Waals surface area contributed by atoms with Crippen LogP contribution in [0, 0.1) is 0 Å². The van der Waals surface area contributed by atoms with Gasteiger partial charge in [-0.2, -0.15) is 0 Å². The van der Waals surface area contributed by atoms with Gasteiger partial charge in [0.1, 0.15) is 0 Å². The lowest BCUT2D eigenvalue weighted by Crippen LogP contribution is -2.53. The standard InChI is InChI=1S/C26H38N2P2/c1-25(2,3)24-20(18-9-5-4-6-10-18)14-13-19(17-29)23(24)26(30,21-11-7-15-27-21)22-12-8-16-28-22/h4-6,9-10,13-14,21-22,27-28H,7-8,11-12,15-17,29-30H2,1-3H3. The maximum absolute atomic E-state index is 3.89. The monoisotopic (exact) mass is 440 g/mol. The summed E-state index contributed by atoms with van der Waals surface area (Å²) in [6.07, 6.45) is 6.03. The quantitative estimate of drug-likeness (QED) is 0.592. The van der Waals surface area contributed by atoms with Gasteiger partial charge < -0.3 is 10.6 Å². The first kappa shape index (κ1) is 22.4. The van der Waals surface area contributed by atoms with E-state index in [9.17, 15) is 0 Å². The third-order valence-corrected chi connectivity index (χ3v) is 8.59. The van der Waals surface area contributed by atoms with Gasteiger partial charge in [-0.15, -0.1) is 18.5 Å². The van der Waals surface area contributed by atoms with E-state index < -0.39 is 0 Å². The van der Waals surface area contributed by atoms with Crippen LogP contribution in [0.25, 0.3) is 11.1 Å². The molecule has 0 aromatic heterocycles. The molecule has 2 saturated heterocycles. The second kappa shape index (κ2) is 8.99. The first-order valence-electron chi connectivity index (χ1n) is 11.6. The molecule has 0 amide bonds. The molecule has 2 aliphatic heterocycles. The fourth-order valence-corrected chi connectivity index (χ4v) is 6.96.